The van der Waals surface area contributed by atoms with E-state index in [1.165, 1.54) is 12.1 Å². The molecule has 0 saturated carbocycles. The summed E-state index contributed by atoms with van der Waals surface area (Å²) in [4.78, 5) is 4.36. The van der Waals surface area contributed by atoms with Crippen LogP contribution in [0.1, 0.15) is 43.8 Å². The molecular formula is C18H25F3N6. The minimum absolute atomic E-state index is 0.384. The number of piperazine rings is 1. The Kier molecular flexibility index (Phi) is 5.27. The van der Waals surface area contributed by atoms with Crippen molar-refractivity contribution in [2.24, 2.45) is 0 Å². The predicted octanol–water partition coefficient (Wildman–Crippen LogP) is 2.78. The van der Waals surface area contributed by atoms with E-state index in [1.54, 1.807) is 10.7 Å². The van der Waals surface area contributed by atoms with Gasteiger partial charge in [0.15, 0.2) is 5.82 Å². The smallest absolute Gasteiger partial charge is 0.304 e. The van der Waals surface area contributed by atoms with Crippen LogP contribution in [0.25, 0.3) is 0 Å². The fourth-order valence-corrected chi connectivity index (χ4v) is 3.33. The number of nitrogens with zero attached hydrogens (tertiary/aromatic N) is 6. The molecule has 0 radical (unpaired) electrons. The van der Waals surface area contributed by atoms with Crippen LogP contribution in [0, 0.1) is 0 Å². The van der Waals surface area contributed by atoms with Crippen molar-refractivity contribution in [1.82, 2.24) is 30.0 Å². The summed E-state index contributed by atoms with van der Waals surface area (Å²) in [5.74, 6) is 0.561. The number of halogens is 3. The van der Waals surface area contributed by atoms with Crippen molar-refractivity contribution in [3.63, 3.8) is 0 Å². The van der Waals surface area contributed by atoms with Crippen molar-refractivity contribution < 1.29 is 13.2 Å². The number of aromatic nitrogens is 4. The molecule has 3 rings (SSSR count). The third-order valence-electron chi connectivity index (χ3n) is 4.81. The molecule has 2 heterocycles. The maximum atomic E-state index is 13.3. The zero-order valence-corrected chi connectivity index (χ0v) is 16.0. The molecule has 1 aliphatic rings. The van der Waals surface area contributed by atoms with Crippen LogP contribution >= 0.6 is 0 Å². The van der Waals surface area contributed by atoms with Crippen LogP contribution in [-0.2, 0) is 11.7 Å². The van der Waals surface area contributed by atoms with Crippen molar-refractivity contribution >= 4 is 0 Å². The van der Waals surface area contributed by atoms with Gasteiger partial charge >= 0.3 is 6.18 Å². The Morgan fingerprint density at radius 1 is 1.04 bits per heavy atom. The van der Waals surface area contributed by atoms with Crippen LogP contribution in [0.2, 0.25) is 0 Å². The Morgan fingerprint density at radius 3 is 2.30 bits per heavy atom. The predicted molar refractivity (Wildman–Crippen MR) is 95.2 cm³/mol. The highest BCUT2D eigenvalue weighted by Gasteiger charge is 2.35. The number of alkyl halides is 3. The molecule has 1 atom stereocenters. The molecule has 6 nitrogen and oxygen atoms in total. The van der Waals surface area contributed by atoms with E-state index in [-0.39, 0.29) is 5.54 Å². The van der Waals surface area contributed by atoms with E-state index in [0.29, 0.717) is 11.4 Å². The molecule has 1 aromatic carbocycles. The third kappa shape index (κ3) is 4.30. The fraction of sp³-hybridized carbons (Fsp3) is 0.611. The molecule has 1 fully saturated rings. The van der Waals surface area contributed by atoms with Crippen molar-refractivity contribution in [3.8, 4) is 0 Å². The monoisotopic (exact) mass is 382 g/mol. The van der Waals surface area contributed by atoms with E-state index in [0.717, 1.165) is 32.2 Å². The fourth-order valence-electron chi connectivity index (χ4n) is 3.33. The lowest BCUT2D eigenvalue weighted by Gasteiger charge is -2.38. The first kappa shape index (κ1) is 19.8. The van der Waals surface area contributed by atoms with Gasteiger partial charge in [0, 0.05) is 26.2 Å². The number of tetrazole rings is 1. The first-order chi connectivity index (χ1) is 12.6. The number of benzene rings is 1. The minimum Gasteiger partial charge on any atom is -0.304 e. The Balaban J connectivity index is 2.08. The average molecular weight is 382 g/mol. The molecule has 1 saturated heterocycles. The highest BCUT2D eigenvalue weighted by atomic mass is 19.4. The summed E-state index contributed by atoms with van der Waals surface area (Å²) in [5, 5.41) is 12.1. The summed E-state index contributed by atoms with van der Waals surface area (Å²) < 4.78 is 41.5. The summed E-state index contributed by atoms with van der Waals surface area (Å²) >= 11 is 0. The van der Waals surface area contributed by atoms with Gasteiger partial charge in [0.05, 0.1) is 17.1 Å². The van der Waals surface area contributed by atoms with Gasteiger partial charge < -0.3 is 4.90 Å². The second kappa shape index (κ2) is 7.20. The number of hydrogen-bond donors (Lipinski definition) is 0. The topological polar surface area (TPSA) is 50.1 Å². The molecule has 0 N–H and O–H groups in total. The van der Waals surface area contributed by atoms with Gasteiger partial charge in [-0.15, -0.1) is 5.10 Å². The van der Waals surface area contributed by atoms with E-state index < -0.39 is 17.8 Å². The standard InChI is InChI=1S/C18H25F3N6/c1-17(2,3)27-16(22-23-24-27)15(26-10-8-25(4)9-11-26)13-6-5-7-14(12-13)18(19,20)21/h5-7,12,15H,8-11H2,1-4H3/t15-/m0/s1. The molecule has 148 valence electrons. The van der Waals surface area contributed by atoms with Crippen LogP contribution in [0.5, 0.6) is 0 Å². The molecule has 9 heteroatoms. The zero-order chi connectivity index (χ0) is 19.8. The van der Waals surface area contributed by atoms with Crippen LogP contribution in [0.15, 0.2) is 24.3 Å². The van der Waals surface area contributed by atoms with Crippen LogP contribution in [0.4, 0.5) is 13.2 Å². The second-order valence-corrected chi connectivity index (χ2v) is 7.98. The largest absolute Gasteiger partial charge is 0.416 e. The Morgan fingerprint density at radius 2 is 1.70 bits per heavy atom. The summed E-state index contributed by atoms with van der Waals surface area (Å²) in [7, 11) is 2.04. The maximum absolute atomic E-state index is 13.3. The SMILES string of the molecule is CN1CCN([C@@H](c2cccc(C(F)(F)F)c2)c2nnnn2C(C)(C)C)CC1. The van der Waals surface area contributed by atoms with Gasteiger partial charge in [-0.1, -0.05) is 12.1 Å². The highest BCUT2D eigenvalue weighted by molar-refractivity contribution is 5.31. The van der Waals surface area contributed by atoms with Crippen molar-refractivity contribution in [1.29, 1.82) is 0 Å². The Bertz CT molecular complexity index is 772. The third-order valence-corrected chi connectivity index (χ3v) is 4.81. The molecule has 1 aromatic heterocycles. The van der Waals surface area contributed by atoms with Gasteiger partial charge in [0.1, 0.15) is 0 Å². The molecule has 0 spiro atoms. The molecule has 27 heavy (non-hydrogen) atoms. The normalized spacial score (nSPS) is 18.6. The lowest BCUT2D eigenvalue weighted by atomic mass is 9.99. The summed E-state index contributed by atoms with van der Waals surface area (Å²) in [6.45, 7) is 9.06. The molecule has 0 aliphatic carbocycles. The highest BCUT2D eigenvalue weighted by Crippen LogP contribution is 2.35. The average Bonchev–Trinajstić information content (AvgIpc) is 3.06. The lowest BCUT2D eigenvalue weighted by Crippen LogP contribution is -2.47. The van der Waals surface area contributed by atoms with Gasteiger partial charge in [0.2, 0.25) is 0 Å². The molecule has 0 amide bonds. The van der Waals surface area contributed by atoms with Gasteiger partial charge in [-0.05, 0) is 55.9 Å². The van der Waals surface area contributed by atoms with Crippen molar-refractivity contribution in [2.45, 2.75) is 38.5 Å². The van der Waals surface area contributed by atoms with E-state index in [2.05, 4.69) is 25.3 Å². The quantitative estimate of drug-likeness (QED) is 0.817. The van der Waals surface area contributed by atoms with Crippen LogP contribution in [0.3, 0.4) is 0 Å². The first-order valence-electron chi connectivity index (χ1n) is 8.96. The minimum atomic E-state index is -4.39. The van der Waals surface area contributed by atoms with E-state index in [9.17, 15) is 13.2 Å². The number of rotatable bonds is 3. The van der Waals surface area contributed by atoms with Gasteiger partial charge in [0.25, 0.3) is 0 Å². The molecular weight excluding hydrogens is 357 g/mol. The number of likely N-dealkylation sites (N-methyl/N-ethyl adjacent to an activating group) is 1. The van der Waals surface area contributed by atoms with E-state index in [4.69, 9.17) is 0 Å². The van der Waals surface area contributed by atoms with Crippen LogP contribution in [-0.4, -0.2) is 63.2 Å². The Hall–Kier alpha value is -2.00. The number of hydrogen-bond acceptors (Lipinski definition) is 5. The Labute approximate surface area is 156 Å². The zero-order valence-electron chi connectivity index (χ0n) is 16.0. The summed E-state index contributed by atoms with van der Waals surface area (Å²) in [6, 6.07) is 5.05. The summed E-state index contributed by atoms with van der Waals surface area (Å²) in [5.41, 5.74) is -0.491. The van der Waals surface area contributed by atoms with E-state index >= 15 is 0 Å². The van der Waals surface area contributed by atoms with Gasteiger partial charge in [-0.2, -0.15) is 13.2 Å². The lowest BCUT2D eigenvalue weighted by molar-refractivity contribution is -0.137. The van der Waals surface area contributed by atoms with Gasteiger partial charge in [-0.25, -0.2) is 4.68 Å². The molecule has 0 bridgehead atoms. The summed E-state index contributed by atoms with van der Waals surface area (Å²) in [6.07, 6.45) is -4.39. The molecule has 2 aromatic rings. The maximum Gasteiger partial charge on any atom is 0.416 e. The van der Waals surface area contributed by atoms with Crippen molar-refractivity contribution in [3.05, 3.63) is 41.2 Å². The van der Waals surface area contributed by atoms with Crippen LogP contribution < -0.4 is 0 Å². The molecule has 1 aliphatic heterocycles. The first-order valence-corrected chi connectivity index (χ1v) is 8.96. The second-order valence-electron chi connectivity index (χ2n) is 7.98. The van der Waals surface area contributed by atoms with E-state index in [1.807, 2.05) is 27.8 Å². The van der Waals surface area contributed by atoms with Crippen molar-refractivity contribution in [2.75, 3.05) is 33.2 Å². The van der Waals surface area contributed by atoms with Gasteiger partial charge in [-0.3, -0.25) is 4.90 Å². The molecule has 0 unspecified atom stereocenters.